The highest BCUT2D eigenvalue weighted by Crippen LogP contribution is 2.25. The van der Waals surface area contributed by atoms with Gasteiger partial charge in [-0.25, -0.2) is 9.97 Å². The van der Waals surface area contributed by atoms with Crippen LogP contribution >= 0.6 is 11.3 Å². The van der Waals surface area contributed by atoms with E-state index in [0.29, 0.717) is 0 Å². The highest BCUT2D eigenvalue weighted by molar-refractivity contribution is 7.20. The van der Waals surface area contributed by atoms with Crippen LogP contribution < -0.4 is 0 Å². The number of rotatable bonds is 1. The number of thiophene rings is 1. The molecule has 0 aliphatic rings. The van der Waals surface area contributed by atoms with Crippen LogP contribution in [0, 0.1) is 13.8 Å². The van der Waals surface area contributed by atoms with Crippen molar-refractivity contribution in [2.75, 3.05) is 0 Å². The zero-order valence-corrected chi connectivity index (χ0v) is 9.10. The number of carbonyl (C=O) groups is 1. The van der Waals surface area contributed by atoms with E-state index in [1.165, 1.54) is 11.3 Å². The van der Waals surface area contributed by atoms with Gasteiger partial charge in [-0.3, -0.25) is 4.79 Å². The van der Waals surface area contributed by atoms with Crippen LogP contribution in [-0.2, 0) is 0 Å². The van der Waals surface area contributed by atoms with Gasteiger partial charge < -0.3 is 0 Å². The third-order valence-electron chi connectivity index (χ3n) is 2.04. The Morgan fingerprint density at radius 3 is 2.71 bits per heavy atom. The molecule has 4 heteroatoms. The Labute approximate surface area is 85.8 Å². The Hall–Kier alpha value is -1.29. The van der Waals surface area contributed by atoms with Crippen molar-refractivity contribution in [2.45, 2.75) is 20.8 Å². The number of aryl methyl sites for hydroxylation is 2. The fourth-order valence-electron chi connectivity index (χ4n) is 1.37. The molecule has 2 heterocycles. The largest absolute Gasteiger partial charge is 0.294 e. The smallest absolute Gasteiger partial charge is 0.169 e. The van der Waals surface area contributed by atoms with E-state index in [1.54, 1.807) is 6.92 Å². The summed E-state index contributed by atoms with van der Waals surface area (Å²) in [5, 5.41) is 0.991. The molecule has 0 atom stereocenters. The normalized spacial score (nSPS) is 10.8. The second-order valence-corrected chi connectivity index (χ2v) is 4.27. The lowest BCUT2D eigenvalue weighted by Crippen LogP contribution is -1.89. The molecule has 0 radical (unpaired) electrons. The zero-order chi connectivity index (χ0) is 10.3. The maximum atomic E-state index is 11.2. The minimum Gasteiger partial charge on any atom is -0.294 e. The molecule has 2 aromatic rings. The summed E-state index contributed by atoms with van der Waals surface area (Å²) in [7, 11) is 0. The molecule has 0 saturated carbocycles. The predicted molar refractivity (Wildman–Crippen MR) is 56.9 cm³/mol. The van der Waals surface area contributed by atoms with E-state index in [-0.39, 0.29) is 5.78 Å². The lowest BCUT2D eigenvalue weighted by atomic mass is 10.2. The Bertz CT molecular complexity index is 516. The molecule has 2 aromatic heterocycles. The van der Waals surface area contributed by atoms with Gasteiger partial charge in [0.05, 0.1) is 4.88 Å². The lowest BCUT2D eigenvalue weighted by molar-refractivity contribution is 0.102. The molecule has 0 aromatic carbocycles. The van der Waals surface area contributed by atoms with Gasteiger partial charge >= 0.3 is 0 Å². The molecule has 3 nitrogen and oxygen atoms in total. The molecule has 0 bridgehead atoms. The van der Waals surface area contributed by atoms with Gasteiger partial charge in [0.25, 0.3) is 0 Å². The summed E-state index contributed by atoms with van der Waals surface area (Å²) < 4.78 is 0. The van der Waals surface area contributed by atoms with E-state index >= 15 is 0 Å². The number of hydrogen-bond acceptors (Lipinski definition) is 4. The third kappa shape index (κ3) is 1.42. The van der Waals surface area contributed by atoms with Crippen LogP contribution in [0.4, 0.5) is 0 Å². The van der Waals surface area contributed by atoms with Crippen molar-refractivity contribution in [3.63, 3.8) is 0 Å². The molecule has 0 saturated heterocycles. The number of hydrogen-bond donors (Lipinski definition) is 0. The summed E-state index contributed by atoms with van der Waals surface area (Å²) in [6.07, 6.45) is 0. The van der Waals surface area contributed by atoms with E-state index in [1.807, 2.05) is 19.9 Å². The van der Waals surface area contributed by atoms with Gasteiger partial charge in [0.15, 0.2) is 5.78 Å². The molecular formula is C10H10N2OS. The summed E-state index contributed by atoms with van der Waals surface area (Å²) in [6.45, 7) is 5.37. The van der Waals surface area contributed by atoms with Gasteiger partial charge in [-0.15, -0.1) is 11.3 Å². The van der Waals surface area contributed by atoms with Gasteiger partial charge in [-0.1, -0.05) is 0 Å². The van der Waals surface area contributed by atoms with Crippen LogP contribution in [0.3, 0.4) is 0 Å². The first-order chi connectivity index (χ1) is 6.58. The summed E-state index contributed by atoms with van der Waals surface area (Å²) >= 11 is 1.43. The average molecular weight is 206 g/mol. The highest BCUT2D eigenvalue weighted by atomic mass is 32.1. The number of ketones is 1. The standard InChI is InChI=1S/C10H10N2OS/c1-5-8-4-9(6(2)13)14-10(8)12-7(3)11-5/h4H,1-3H3. The van der Waals surface area contributed by atoms with Crippen molar-refractivity contribution in [1.82, 2.24) is 9.97 Å². The number of fused-ring (bicyclic) bond motifs is 1. The predicted octanol–water partition coefficient (Wildman–Crippen LogP) is 2.51. The van der Waals surface area contributed by atoms with Gasteiger partial charge in [0.1, 0.15) is 10.7 Å². The summed E-state index contributed by atoms with van der Waals surface area (Å²) in [6, 6.07) is 1.87. The van der Waals surface area contributed by atoms with Gasteiger partial charge in [-0.2, -0.15) is 0 Å². The molecule has 0 amide bonds. The molecule has 0 unspecified atom stereocenters. The topological polar surface area (TPSA) is 42.9 Å². The van der Waals surface area contributed by atoms with E-state index in [2.05, 4.69) is 9.97 Å². The SMILES string of the molecule is CC(=O)c1cc2c(C)nc(C)nc2s1. The maximum Gasteiger partial charge on any atom is 0.169 e. The fourth-order valence-corrected chi connectivity index (χ4v) is 2.40. The van der Waals surface area contributed by atoms with Crippen LogP contribution in [0.25, 0.3) is 10.2 Å². The monoisotopic (exact) mass is 206 g/mol. The molecule has 0 spiro atoms. The van der Waals surface area contributed by atoms with Crippen molar-refractivity contribution in [3.05, 3.63) is 22.5 Å². The first-order valence-corrected chi connectivity index (χ1v) is 5.15. The van der Waals surface area contributed by atoms with Crippen molar-refractivity contribution in [3.8, 4) is 0 Å². The van der Waals surface area contributed by atoms with Gasteiger partial charge in [0.2, 0.25) is 0 Å². The van der Waals surface area contributed by atoms with Gasteiger partial charge in [0, 0.05) is 11.1 Å². The molecule has 0 aliphatic heterocycles. The van der Waals surface area contributed by atoms with E-state index in [9.17, 15) is 4.79 Å². The zero-order valence-electron chi connectivity index (χ0n) is 8.29. The van der Waals surface area contributed by atoms with Gasteiger partial charge in [-0.05, 0) is 26.8 Å². The van der Waals surface area contributed by atoms with Crippen LogP contribution in [0.2, 0.25) is 0 Å². The molecule has 0 aliphatic carbocycles. The first kappa shape index (κ1) is 9.27. The second kappa shape index (κ2) is 3.13. The lowest BCUT2D eigenvalue weighted by Gasteiger charge is -1.95. The minimum absolute atomic E-state index is 0.0880. The summed E-state index contributed by atoms with van der Waals surface area (Å²) in [4.78, 5) is 21.4. The molecule has 0 fully saturated rings. The van der Waals surface area contributed by atoms with Crippen molar-refractivity contribution in [1.29, 1.82) is 0 Å². The average Bonchev–Trinajstić information content (AvgIpc) is 2.47. The quantitative estimate of drug-likeness (QED) is 0.673. The number of nitrogens with zero attached hydrogens (tertiary/aromatic N) is 2. The molecule has 2 rings (SSSR count). The van der Waals surface area contributed by atoms with Crippen LogP contribution in [0.5, 0.6) is 0 Å². The maximum absolute atomic E-state index is 11.2. The Morgan fingerprint density at radius 1 is 1.36 bits per heavy atom. The first-order valence-electron chi connectivity index (χ1n) is 4.33. The Balaban J connectivity index is 2.76. The minimum atomic E-state index is 0.0880. The summed E-state index contributed by atoms with van der Waals surface area (Å²) in [5.41, 5.74) is 0.941. The van der Waals surface area contributed by atoms with E-state index in [4.69, 9.17) is 0 Å². The van der Waals surface area contributed by atoms with Crippen LogP contribution in [0.15, 0.2) is 6.07 Å². The van der Waals surface area contributed by atoms with Crippen LogP contribution in [-0.4, -0.2) is 15.8 Å². The van der Waals surface area contributed by atoms with Crippen molar-refractivity contribution in [2.24, 2.45) is 0 Å². The second-order valence-electron chi connectivity index (χ2n) is 3.24. The van der Waals surface area contributed by atoms with Crippen molar-refractivity contribution < 1.29 is 4.79 Å². The molecule has 72 valence electrons. The Morgan fingerprint density at radius 2 is 2.07 bits per heavy atom. The third-order valence-corrected chi connectivity index (χ3v) is 3.17. The fraction of sp³-hybridized carbons (Fsp3) is 0.300. The summed E-state index contributed by atoms with van der Waals surface area (Å²) in [5.74, 6) is 0.844. The number of carbonyl (C=O) groups excluding carboxylic acids is 1. The van der Waals surface area contributed by atoms with Crippen LogP contribution in [0.1, 0.15) is 28.1 Å². The van der Waals surface area contributed by atoms with E-state index in [0.717, 1.165) is 26.6 Å². The van der Waals surface area contributed by atoms with E-state index < -0.39 is 0 Å². The number of Topliss-reactive ketones (excluding diaryl/α,β-unsaturated/α-hetero) is 1. The molecular weight excluding hydrogens is 196 g/mol. The Kier molecular flexibility index (Phi) is 2.07. The number of aromatic nitrogens is 2. The van der Waals surface area contributed by atoms with Crippen molar-refractivity contribution >= 4 is 27.3 Å². The molecule has 0 N–H and O–H groups in total. The highest BCUT2D eigenvalue weighted by Gasteiger charge is 2.09. The molecule has 14 heavy (non-hydrogen) atoms.